The Hall–Kier alpha value is -1.67. The molecule has 1 nitrogen and oxygen atoms in total. The molecule has 0 bridgehead atoms. The van der Waals surface area contributed by atoms with Gasteiger partial charge in [0.05, 0.1) is 0 Å². The Morgan fingerprint density at radius 2 is 1.78 bits per heavy atom. The molecule has 2 rings (SSSR count). The van der Waals surface area contributed by atoms with Crippen molar-refractivity contribution in [1.82, 2.24) is 0 Å². The fourth-order valence-electron chi connectivity index (χ4n) is 2.02. The third kappa shape index (κ3) is 2.59. The Morgan fingerprint density at radius 3 is 2.44 bits per heavy atom. The van der Waals surface area contributed by atoms with Crippen molar-refractivity contribution >= 4 is 0 Å². The van der Waals surface area contributed by atoms with E-state index in [0.717, 1.165) is 17.5 Å². The van der Waals surface area contributed by atoms with E-state index in [9.17, 15) is 4.39 Å². The third-order valence-electron chi connectivity index (χ3n) is 3.28. The van der Waals surface area contributed by atoms with Gasteiger partial charge >= 0.3 is 0 Å². The predicted octanol–water partition coefficient (Wildman–Crippen LogP) is 3.61. The van der Waals surface area contributed by atoms with E-state index in [1.165, 1.54) is 17.2 Å². The fraction of sp³-hybridized carbons (Fsp3) is 0.250. The largest absolute Gasteiger partial charge is 0.330 e. The van der Waals surface area contributed by atoms with Crippen LogP contribution in [0.25, 0.3) is 11.1 Å². The molecule has 18 heavy (non-hydrogen) atoms. The van der Waals surface area contributed by atoms with Gasteiger partial charge in [-0.2, -0.15) is 0 Å². The average molecular weight is 243 g/mol. The normalized spacial score (nSPS) is 10.7. The molecule has 0 atom stereocenters. The van der Waals surface area contributed by atoms with Gasteiger partial charge in [-0.3, -0.25) is 0 Å². The number of rotatable bonds is 3. The summed E-state index contributed by atoms with van der Waals surface area (Å²) in [5.74, 6) is -0.181. The van der Waals surface area contributed by atoms with E-state index < -0.39 is 0 Å². The summed E-state index contributed by atoms with van der Waals surface area (Å²) in [5.41, 5.74) is 10.6. The molecule has 0 aliphatic rings. The molecular weight excluding hydrogens is 225 g/mol. The topological polar surface area (TPSA) is 26.0 Å². The van der Waals surface area contributed by atoms with E-state index in [1.54, 1.807) is 6.07 Å². The summed E-state index contributed by atoms with van der Waals surface area (Å²) in [6, 6.07) is 11.2. The molecule has 0 spiro atoms. The molecular formula is C16H18FN. The van der Waals surface area contributed by atoms with Gasteiger partial charge in [0, 0.05) is 5.56 Å². The highest BCUT2D eigenvalue weighted by Gasteiger charge is 2.07. The molecule has 0 amide bonds. The summed E-state index contributed by atoms with van der Waals surface area (Å²) >= 11 is 0. The Labute approximate surface area is 107 Å². The van der Waals surface area contributed by atoms with Crippen molar-refractivity contribution in [2.75, 3.05) is 6.54 Å². The van der Waals surface area contributed by atoms with E-state index in [4.69, 9.17) is 5.73 Å². The third-order valence-corrected chi connectivity index (χ3v) is 3.28. The van der Waals surface area contributed by atoms with Crippen LogP contribution >= 0.6 is 0 Å². The van der Waals surface area contributed by atoms with E-state index in [0.29, 0.717) is 12.1 Å². The van der Waals surface area contributed by atoms with Crippen LogP contribution in [0.4, 0.5) is 4.39 Å². The first-order valence-electron chi connectivity index (χ1n) is 6.18. The lowest BCUT2D eigenvalue weighted by Crippen LogP contribution is -2.03. The van der Waals surface area contributed by atoms with Crippen LogP contribution < -0.4 is 5.73 Å². The highest BCUT2D eigenvalue weighted by Crippen LogP contribution is 2.26. The first-order chi connectivity index (χ1) is 8.61. The number of hydrogen-bond acceptors (Lipinski definition) is 1. The fourth-order valence-corrected chi connectivity index (χ4v) is 2.02. The maximum Gasteiger partial charge on any atom is 0.131 e. The van der Waals surface area contributed by atoms with Crippen LogP contribution in [0.3, 0.4) is 0 Å². The number of halogens is 1. The molecule has 0 aliphatic heterocycles. The van der Waals surface area contributed by atoms with E-state index >= 15 is 0 Å². The van der Waals surface area contributed by atoms with Gasteiger partial charge in [-0.05, 0) is 61.2 Å². The van der Waals surface area contributed by atoms with Crippen LogP contribution in [0.15, 0.2) is 36.4 Å². The minimum absolute atomic E-state index is 0.181. The van der Waals surface area contributed by atoms with Gasteiger partial charge in [-0.1, -0.05) is 24.3 Å². The summed E-state index contributed by atoms with van der Waals surface area (Å²) < 4.78 is 13.9. The molecule has 0 aromatic heterocycles. The second-order valence-corrected chi connectivity index (χ2v) is 4.65. The zero-order valence-electron chi connectivity index (χ0n) is 10.8. The molecule has 0 saturated carbocycles. The maximum absolute atomic E-state index is 13.9. The summed E-state index contributed by atoms with van der Waals surface area (Å²) in [6.45, 7) is 4.68. The van der Waals surface area contributed by atoms with Crippen molar-refractivity contribution in [1.29, 1.82) is 0 Å². The highest BCUT2D eigenvalue weighted by molar-refractivity contribution is 5.66. The molecule has 2 heteroatoms. The number of aryl methyl sites for hydroxylation is 2. The Balaban J connectivity index is 2.48. The monoisotopic (exact) mass is 243 g/mol. The first-order valence-corrected chi connectivity index (χ1v) is 6.18. The van der Waals surface area contributed by atoms with Crippen molar-refractivity contribution in [2.24, 2.45) is 5.73 Å². The predicted molar refractivity (Wildman–Crippen MR) is 74.1 cm³/mol. The van der Waals surface area contributed by atoms with Crippen LogP contribution in [-0.4, -0.2) is 6.54 Å². The maximum atomic E-state index is 13.9. The van der Waals surface area contributed by atoms with Crippen molar-refractivity contribution < 1.29 is 4.39 Å². The van der Waals surface area contributed by atoms with E-state index in [2.05, 4.69) is 6.92 Å². The van der Waals surface area contributed by atoms with Gasteiger partial charge < -0.3 is 5.73 Å². The number of hydrogen-bond donors (Lipinski definition) is 1. The van der Waals surface area contributed by atoms with E-state index in [1.807, 2.05) is 31.2 Å². The van der Waals surface area contributed by atoms with Gasteiger partial charge in [-0.25, -0.2) is 4.39 Å². The molecule has 0 heterocycles. The van der Waals surface area contributed by atoms with Gasteiger partial charge in [0.2, 0.25) is 0 Å². The zero-order chi connectivity index (χ0) is 13.1. The summed E-state index contributed by atoms with van der Waals surface area (Å²) in [6.07, 6.45) is 0.776. The van der Waals surface area contributed by atoms with Crippen LogP contribution in [0.1, 0.15) is 16.7 Å². The van der Waals surface area contributed by atoms with Crippen molar-refractivity contribution in [2.45, 2.75) is 20.3 Å². The molecule has 94 valence electrons. The molecule has 0 fully saturated rings. The summed E-state index contributed by atoms with van der Waals surface area (Å²) in [5, 5.41) is 0. The summed E-state index contributed by atoms with van der Waals surface area (Å²) in [7, 11) is 0. The average Bonchev–Trinajstić information content (AvgIpc) is 2.35. The standard InChI is InChI=1S/C16H18FN/c1-11-3-5-14(9-12(11)2)15-10-13(7-8-18)4-6-16(15)17/h3-6,9-10H,7-8,18H2,1-2H3. The molecule has 0 unspecified atom stereocenters. The second-order valence-electron chi connectivity index (χ2n) is 4.65. The summed E-state index contributed by atoms with van der Waals surface area (Å²) in [4.78, 5) is 0. The number of nitrogens with two attached hydrogens (primary N) is 1. The molecule has 0 aliphatic carbocycles. The molecule has 2 aromatic rings. The lowest BCUT2D eigenvalue weighted by Gasteiger charge is -2.09. The van der Waals surface area contributed by atoms with Crippen molar-refractivity contribution in [3.05, 3.63) is 58.9 Å². The van der Waals surface area contributed by atoms with Gasteiger partial charge in [-0.15, -0.1) is 0 Å². The molecule has 0 radical (unpaired) electrons. The van der Waals surface area contributed by atoms with Crippen LogP contribution in [-0.2, 0) is 6.42 Å². The van der Waals surface area contributed by atoms with Crippen molar-refractivity contribution in [3.63, 3.8) is 0 Å². The van der Waals surface area contributed by atoms with Gasteiger partial charge in [0.25, 0.3) is 0 Å². The lowest BCUT2D eigenvalue weighted by atomic mass is 9.98. The molecule has 2 aromatic carbocycles. The number of benzene rings is 2. The van der Waals surface area contributed by atoms with Crippen LogP contribution in [0, 0.1) is 19.7 Å². The Kier molecular flexibility index (Phi) is 3.78. The van der Waals surface area contributed by atoms with Gasteiger partial charge in [0.15, 0.2) is 0 Å². The first kappa shape index (κ1) is 12.8. The van der Waals surface area contributed by atoms with Crippen molar-refractivity contribution in [3.8, 4) is 11.1 Å². The van der Waals surface area contributed by atoms with E-state index in [-0.39, 0.29) is 5.82 Å². The SMILES string of the molecule is Cc1ccc(-c2cc(CCN)ccc2F)cc1C. The molecule has 0 saturated heterocycles. The zero-order valence-corrected chi connectivity index (χ0v) is 10.8. The Bertz CT molecular complexity index is 561. The van der Waals surface area contributed by atoms with Crippen LogP contribution in [0.5, 0.6) is 0 Å². The second kappa shape index (κ2) is 5.32. The minimum Gasteiger partial charge on any atom is -0.330 e. The lowest BCUT2D eigenvalue weighted by molar-refractivity contribution is 0.630. The quantitative estimate of drug-likeness (QED) is 0.875. The Morgan fingerprint density at radius 1 is 1.00 bits per heavy atom. The molecule has 2 N–H and O–H groups in total. The minimum atomic E-state index is -0.181. The van der Waals surface area contributed by atoms with Crippen LogP contribution in [0.2, 0.25) is 0 Å². The smallest absolute Gasteiger partial charge is 0.131 e. The highest BCUT2D eigenvalue weighted by atomic mass is 19.1. The van der Waals surface area contributed by atoms with Gasteiger partial charge in [0.1, 0.15) is 5.82 Å².